The number of unbranched alkanes of at least 4 members (excludes halogenated alkanes) is 34. The van der Waals surface area contributed by atoms with Crippen LogP contribution >= 0.6 is 7.82 Å². The molecule has 0 saturated heterocycles. The fourth-order valence-electron chi connectivity index (χ4n) is 8.17. The molecule has 0 radical (unpaired) electrons. The van der Waals surface area contributed by atoms with E-state index in [1.54, 1.807) is 6.08 Å². The number of quaternary nitrogens is 1. The summed E-state index contributed by atoms with van der Waals surface area (Å²) in [4.78, 5) is 25.4. The third-order valence-electron chi connectivity index (χ3n) is 12.6. The summed E-state index contributed by atoms with van der Waals surface area (Å²) in [5.41, 5.74) is 0. The lowest BCUT2D eigenvalue weighted by Crippen LogP contribution is -2.45. The van der Waals surface area contributed by atoms with E-state index in [0.29, 0.717) is 17.4 Å². The third kappa shape index (κ3) is 50.4. The van der Waals surface area contributed by atoms with E-state index < -0.39 is 26.6 Å². The van der Waals surface area contributed by atoms with Gasteiger partial charge in [0.25, 0.3) is 7.82 Å². The molecular weight excluding hydrogens is 828 g/mol. The zero-order valence-electron chi connectivity index (χ0n) is 43.7. The van der Waals surface area contributed by atoms with E-state index in [2.05, 4.69) is 43.5 Å². The molecule has 384 valence electrons. The number of hydrogen-bond acceptors (Lipinski definition) is 6. The number of amides is 1. The summed E-state index contributed by atoms with van der Waals surface area (Å²) in [6.07, 6.45) is 60.9. The van der Waals surface area contributed by atoms with E-state index in [1.165, 1.54) is 205 Å². The highest BCUT2D eigenvalue weighted by Crippen LogP contribution is 2.38. The maximum Gasteiger partial charge on any atom is 0.268 e. The van der Waals surface area contributed by atoms with Gasteiger partial charge in [-0.2, -0.15) is 0 Å². The van der Waals surface area contributed by atoms with Gasteiger partial charge in [-0.15, -0.1) is 0 Å². The monoisotopic (exact) mass is 937 g/mol. The molecule has 3 atom stereocenters. The number of likely N-dealkylation sites (N-methyl/N-ethyl adjacent to an activating group) is 1. The normalized spacial score (nSPS) is 14.3. The lowest BCUT2D eigenvalue weighted by atomic mass is 10.0. The Labute approximate surface area is 404 Å². The van der Waals surface area contributed by atoms with E-state index in [-0.39, 0.29) is 12.5 Å². The zero-order valence-corrected chi connectivity index (χ0v) is 44.6. The molecule has 8 nitrogen and oxygen atoms in total. The van der Waals surface area contributed by atoms with Crippen LogP contribution < -0.4 is 10.2 Å². The maximum absolute atomic E-state index is 12.9. The fraction of sp³-hybridized carbons (Fsp3) is 0.875. The largest absolute Gasteiger partial charge is 0.756 e. The average Bonchev–Trinajstić information content (AvgIpc) is 3.26. The molecule has 0 saturated carbocycles. The highest BCUT2D eigenvalue weighted by molar-refractivity contribution is 7.45. The Morgan fingerprint density at radius 1 is 0.523 bits per heavy atom. The van der Waals surface area contributed by atoms with Gasteiger partial charge in [-0.05, 0) is 57.8 Å². The van der Waals surface area contributed by atoms with Crippen LogP contribution in [-0.4, -0.2) is 68.5 Å². The van der Waals surface area contributed by atoms with Crippen LogP contribution in [0.1, 0.15) is 264 Å². The number of allylic oxidation sites excluding steroid dienone is 5. The molecule has 0 heterocycles. The van der Waals surface area contributed by atoms with Crippen molar-refractivity contribution in [1.29, 1.82) is 0 Å². The lowest BCUT2D eigenvalue weighted by molar-refractivity contribution is -0.870. The Morgan fingerprint density at radius 2 is 0.862 bits per heavy atom. The standard InChI is InChI=1S/C56H109N2O6P/c1-6-8-10-12-14-16-18-20-21-22-23-24-25-26-27-28-29-30-31-32-33-34-35-36-38-40-42-44-46-48-50-56(60)57-54(53-64-65(61,62)63-52-51-58(3,4)5)55(59)49-47-45-43-41-39-37-19-17-15-13-11-9-7-2/h26-27,39,41,47,49,54-55,59H,6-25,28-38,40,42-46,48,50-53H2,1-5H3,(H-,57,60,61,62)/b27-26-,41-39+,49-47+. The van der Waals surface area contributed by atoms with Gasteiger partial charge >= 0.3 is 0 Å². The molecule has 65 heavy (non-hydrogen) atoms. The van der Waals surface area contributed by atoms with E-state index >= 15 is 0 Å². The second kappa shape index (κ2) is 47.8. The molecule has 0 bridgehead atoms. The van der Waals surface area contributed by atoms with Gasteiger partial charge in [0.05, 0.1) is 39.9 Å². The van der Waals surface area contributed by atoms with Crippen molar-refractivity contribution in [3.8, 4) is 0 Å². The van der Waals surface area contributed by atoms with Gasteiger partial charge in [-0.25, -0.2) is 0 Å². The summed E-state index contributed by atoms with van der Waals surface area (Å²) >= 11 is 0. The van der Waals surface area contributed by atoms with Gasteiger partial charge < -0.3 is 28.8 Å². The van der Waals surface area contributed by atoms with Crippen LogP contribution in [0.2, 0.25) is 0 Å². The molecule has 1 amide bonds. The van der Waals surface area contributed by atoms with Crippen molar-refractivity contribution < 1.29 is 32.9 Å². The van der Waals surface area contributed by atoms with Gasteiger partial charge in [-0.1, -0.05) is 237 Å². The van der Waals surface area contributed by atoms with Crippen LogP contribution in [0.25, 0.3) is 0 Å². The summed E-state index contributed by atoms with van der Waals surface area (Å²) in [5.74, 6) is -0.205. The first-order chi connectivity index (χ1) is 31.5. The number of carbonyl (C=O) groups is 1. The summed E-state index contributed by atoms with van der Waals surface area (Å²) in [7, 11) is 1.25. The Morgan fingerprint density at radius 3 is 1.25 bits per heavy atom. The number of carbonyl (C=O) groups excluding carboxylic acids is 1. The van der Waals surface area contributed by atoms with Crippen LogP contribution in [0, 0.1) is 0 Å². The minimum Gasteiger partial charge on any atom is -0.756 e. The third-order valence-corrected chi connectivity index (χ3v) is 13.5. The van der Waals surface area contributed by atoms with Crippen molar-refractivity contribution >= 4 is 13.7 Å². The first-order valence-electron chi connectivity index (χ1n) is 27.9. The number of hydrogen-bond donors (Lipinski definition) is 2. The molecule has 0 aliphatic heterocycles. The summed E-state index contributed by atoms with van der Waals surface area (Å²) in [5, 5.41) is 13.8. The zero-order chi connectivity index (χ0) is 47.8. The van der Waals surface area contributed by atoms with Crippen LogP contribution in [0.4, 0.5) is 0 Å². The minimum absolute atomic E-state index is 0.00559. The summed E-state index contributed by atoms with van der Waals surface area (Å²) < 4.78 is 23.3. The van der Waals surface area contributed by atoms with Crippen molar-refractivity contribution in [3.63, 3.8) is 0 Å². The molecule has 3 unspecified atom stereocenters. The van der Waals surface area contributed by atoms with Gasteiger partial charge in [-0.3, -0.25) is 9.36 Å². The molecule has 0 aliphatic carbocycles. The maximum atomic E-state index is 12.9. The van der Waals surface area contributed by atoms with Crippen molar-refractivity contribution in [2.45, 2.75) is 276 Å². The Balaban J connectivity index is 4.08. The quantitative estimate of drug-likeness (QED) is 0.0272. The number of aliphatic hydroxyl groups excluding tert-OH is 1. The SMILES string of the molecule is CCCCCCCCC/C=C/CC/C=C/C(O)C(COP(=O)([O-])OCC[N+](C)(C)C)NC(=O)CCCCCCCCCCCCCCCC/C=C\CCCCCCCCCCCCCC. The van der Waals surface area contributed by atoms with Crippen molar-refractivity contribution in [2.24, 2.45) is 0 Å². The van der Waals surface area contributed by atoms with Crippen molar-refractivity contribution in [3.05, 3.63) is 36.5 Å². The highest BCUT2D eigenvalue weighted by Gasteiger charge is 2.23. The molecule has 0 aromatic carbocycles. The Kier molecular flexibility index (Phi) is 46.8. The number of rotatable bonds is 51. The number of phosphoric ester groups is 1. The van der Waals surface area contributed by atoms with Gasteiger partial charge in [0.1, 0.15) is 13.2 Å². The molecule has 0 aromatic heterocycles. The molecule has 2 N–H and O–H groups in total. The Hall–Kier alpha value is -1.28. The molecular formula is C56H109N2O6P. The van der Waals surface area contributed by atoms with Gasteiger partial charge in [0.15, 0.2) is 0 Å². The molecule has 0 spiro atoms. The predicted octanol–water partition coefficient (Wildman–Crippen LogP) is 16.0. The van der Waals surface area contributed by atoms with E-state index in [1.807, 2.05) is 27.2 Å². The summed E-state index contributed by atoms with van der Waals surface area (Å²) in [6, 6.07) is -0.901. The van der Waals surface area contributed by atoms with Crippen molar-refractivity contribution in [2.75, 3.05) is 40.9 Å². The first kappa shape index (κ1) is 63.7. The number of aliphatic hydroxyl groups is 1. The fourth-order valence-corrected chi connectivity index (χ4v) is 8.89. The summed E-state index contributed by atoms with van der Waals surface area (Å²) in [6.45, 7) is 4.64. The van der Waals surface area contributed by atoms with E-state index in [4.69, 9.17) is 9.05 Å². The smallest absolute Gasteiger partial charge is 0.268 e. The van der Waals surface area contributed by atoms with Crippen LogP contribution in [0.3, 0.4) is 0 Å². The molecule has 9 heteroatoms. The topological polar surface area (TPSA) is 108 Å². The van der Waals surface area contributed by atoms with Gasteiger partial charge in [0, 0.05) is 6.42 Å². The van der Waals surface area contributed by atoms with Crippen LogP contribution in [0.5, 0.6) is 0 Å². The minimum atomic E-state index is -4.60. The van der Waals surface area contributed by atoms with Crippen LogP contribution in [-0.2, 0) is 18.4 Å². The highest BCUT2D eigenvalue weighted by atomic mass is 31.2. The number of nitrogens with zero attached hydrogens (tertiary/aromatic N) is 1. The second-order valence-electron chi connectivity index (χ2n) is 20.3. The first-order valence-corrected chi connectivity index (χ1v) is 29.3. The lowest BCUT2D eigenvalue weighted by Gasteiger charge is -2.29. The Bertz CT molecular complexity index is 1150. The van der Waals surface area contributed by atoms with Crippen molar-refractivity contribution in [1.82, 2.24) is 5.32 Å². The molecule has 0 aromatic rings. The average molecular weight is 937 g/mol. The van der Waals surface area contributed by atoms with Gasteiger partial charge in [0.2, 0.25) is 5.91 Å². The van der Waals surface area contributed by atoms with Crippen LogP contribution in [0.15, 0.2) is 36.5 Å². The van der Waals surface area contributed by atoms with E-state index in [0.717, 1.165) is 38.5 Å². The molecule has 0 aliphatic rings. The molecule has 0 rings (SSSR count). The number of nitrogens with one attached hydrogen (secondary N) is 1. The second-order valence-corrected chi connectivity index (χ2v) is 21.7. The molecule has 0 fully saturated rings. The van der Waals surface area contributed by atoms with E-state index in [9.17, 15) is 19.4 Å². The predicted molar refractivity (Wildman–Crippen MR) is 279 cm³/mol. The number of phosphoric acid groups is 1.